The second kappa shape index (κ2) is 11.6. The molecule has 0 aromatic heterocycles. The summed E-state index contributed by atoms with van der Waals surface area (Å²) < 4.78 is 0. The van der Waals surface area contributed by atoms with Crippen LogP contribution in [0.15, 0.2) is 30.3 Å². The zero-order chi connectivity index (χ0) is 15.3. The topological polar surface area (TPSA) is 29.3 Å². The Morgan fingerprint density at radius 2 is 1.57 bits per heavy atom. The fraction of sp³-hybridized carbons (Fsp3) is 0.611. The molecule has 1 aromatic carbocycles. The molecular weight excluding hydrogens is 276 g/mol. The molecular formula is C18H30N2S. The smallest absolute Gasteiger partial charge is 0.0745 e. The lowest BCUT2D eigenvalue weighted by Crippen LogP contribution is -2.28. The summed E-state index contributed by atoms with van der Waals surface area (Å²) in [7, 11) is 0. The number of anilines is 1. The highest BCUT2D eigenvalue weighted by atomic mass is 32.1. The van der Waals surface area contributed by atoms with E-state index in [-0.39, 0.29) is 0 Å². The highest BCUT2D eigenvalue weighted by Crippen LogP contribution is 2.15. The van der Waals surface area contributed by atoms with Gasteiger partial charge in [0.1, 0.15) is 0 Å². The lowest BCUT2D eigenvalue weighted by atomic mass is 10.1. The van der Waals surface area contributed by atoms with Crippen LogP contribution in [0, 0.1) is 0 Å². The molecule has 1 aromatic rings. The van der Waals surface area contributed by atoms with E-state index in [4.69, 9.17) is 18.0 Å². The van der Waals surface area contributed by atoms with Gasteiger partial charge in [-0.05, 0) is 18.6 Å². The molecule has 1 rings (SSSR count). The number of nitrogens with two attached hydrogens (primary N) is 1. The Kier molecular flexibility index (Phi) is 9.88. The summed E-state index contributed by atoms with van der Waals surface area (Å²) in [4.78, 5) is 3.01. The van der Waals surface area contributed by atoms with Gasteiger partial charge in [0.05, 0.1) is 4.99 Å². The largest absolute Gasteiger partial charge is 0.393 e. The van der Waals surface area contributed by atoms with Gasteiger partial charge in [-0.1, -0.05) is 75.9 Å². The van der Waals surface area contributed by atoms with E-state index in [1.54, 1.807) is 0 Å². The average molecular weight is 307 g/mol. The molecule has 0 aliphatic heterocycles. The molecule has 0 saturated heterocycles. The summed E-state index contributed by atoms with van der Waals surface area (Å²) in [6.45, 7) is 4.29. The molecule has 0 amide bonds. The molecule has 0 atom stereocenters. The highest BCUT2D eigenvalue weighted by Gasteiger charge is 2.06. The van der Waals surface area contributed by atoms with Gasteiger partial charge < -0.3 is 10.6 Å². The first-order chi connectivity index (χ1) is 10.2. The van der Waals surface area contributed by atoms with E-state index >= 15 is 0 Å². The van der Waals surface area contributed by atoms with E-state index in [0.29, 0.717) is 4.99 Å². The van der Waals surface area contributed by atoms with Gasteiger partial charge in [-0.15, -0.1) is 0 Å². The zero-order valence-electron chi connectivity index (χ0n) is 13.4. The third-order valence-corrected chi connectivity index (χ3v) is 3.99. The van der Waals surface area contributed by atoms with Crippen LogP contribution in [0.25, 0.3) is 0 Å². The lowest BCUT2D eigenvalue weighted by Gasteiger charge is -2.24. The van der Waals surface area contributed by atoms with Crippen LogP contribution in [0.5, 0.6) is 0 Å². The maximum absolute atomic E-state index is 5.65. The van der Waals surface area contributed by atoms with Crippen molar-refractivity contribution >= 4 is 22.9 Å². The van der Waals surface area contributed by atoms with Gasteiger partial charge in [0.2, 0.25) is 0 Å². The van der Waals surface area contributed by atoms with Crippen LogP contribution >= 0.6 is 12.2 Å². The first-order valence-corrected chi connectivity index (χ1v) is 8.73. The summed E-state index contributed by atoms with van der Waals surface area (Å²) in [6, 6.07) is 10.6. The van der Waals surface area contributed by atoms with Gasteiger partial charge >= 0.3 is 0 Å². The maximum Gasteiger partial charge on any atom is 0.0745 e. The van der Waals surface area contributed by atoms with E-state index in [9.17, 15) is 0 Å². The van der Waals surface area contributed by atoms with Crippen LogP contribution in [0.2, 0.25) is 0 Å². The van der Waals surface area contributed by atoms with Gasteiger partial charge in [-0.25, -0.2) is 0 Å². The Morgan fingerprint density at radius 3 is 2.19 bits per heavy atom. The molecule has 0 saturated carbocycles. The average Bonchev–Trinajstić information content (AvgIpc) is 2.50. The SMILES string of the molecule is CCCCCCCCCN(CCC(N)=S)c1ccccc1. The predicted octanol–water partition coefficient (Wildman–Crippen LogP) is 4.92. The van der Waals surface area contributed by atoms with Crippen molar-refractivity contribution in [3.05, 3.63) is 30.3 Å². The van der Waals surface area contributed by atoms with E-state index < -0.39 is 0 Å². The minimum atomic E-state index is 0.607. The van der Waals surface area contributed by atoms with Crippen molar-refractivity contribution < 1.29 is 0 Å². The van der Waals surface area contributed by atoms with Gasteiger partial charge in [0, 0.05) is 25.2 Å². The lowest BCUT2D eigenvalue weighted by molar-refractivity contribution is 0.584. The zero-order valence-corrected chi connectivity index (χ0v) is 14.2. The Labute approximate surface area is 135 Å². The molecule has 0 fully saturated rings. The molecule has 3 heteroatoms. The third-order valence-electron chi connectivity index (χ3n) is 3.78. The van der Waals surface area contributed by atoms with Crippen molar-refractivity contribution in [1.29, 1.82) is 0 Å². The highest BCUT2D eigenvalue weighted by molar-refractivity contribution is 7.80. The summed E-state index contributed by atoms with van der Waals surface area (Å²) >= 11 is 5.01. The Morgan fingerprint density at radius 1 is 0.952 bits per heavy atom. The van der Waals surface area contributed by atoms with Crippen LogP contribution in [-0.4, -0.2) is 18.1 Å². The minimum absolute atomic E-state index is 0.607. The van der Waals surface area contributed by atoms with E-state index in [1.165, 1.54) is 50.6 Å². The minimum Gasteiger partial charge on any atom is -0.393 e. The number of hydrogen-bond acceptors (Lipinski definition) is 2. The first-order valence-electron chi connectivity index (χ1n) is 8.32. The fourth-order valence-electron chi connectivity index (χ4n) is 2.51. The number of benzene rings is 1. The second-order valence-electron chi connectivity index (χ2n) is 5.66. The molecule has 0 spiro atoms. The Balaban J connectivity index is 2.31. The molecule has 0 unspecified atom stereocenters. The van der Waals surface area contributed by atoms with Crippen LogP contribution in [0.4, 0.5) is 5.69 Å². The van der Waals surface area contributed by atoms with Gasteiger partial charge in [0.15, 0.2) is 0 Å². The molecule has 2 nitrogen and oxygen atoms in total. The molecule has 0 aliphatic rings. The quantitative estimate of drug-likeness (QED) is 0.439. The third kappa shape index (κ3) is 8.71. The number of unbranched alkanes of at least 4 members (excludes halogenated alkanes) is 6. The molecule has 0 heterocycles. The van der Waals surface area contributed by atoms with E-state index in [1.807, 2.05) is 0 Å². The second-order valence-corrected chi connectivity index (χ2v) is 6.18. The monoisotopic (exact) mass is 306 g/mol. The van der Waals surface area contributed by atoms with Crippen molar-refractivity contribution in [2.75, 3.05) is 18.0 Å². The number of para-hydroxylation sites is 1. The van der Waals surface area contributed by atoms with Gasteiger partial charge in [-0.3, -0.25) is 0 Å². The standard InChI is InChI=1S/C18H30N2S/c1-2-3-4-5-6-7-11-15-20(16-14-18(19)21)17-12-9-8-10-13-17/h8-10,12-13H,2-7,11,14-16H2,1H3,(H2,19,21). The van der Waals surface area contributed by atoms with Crippen LogP contribution in [0.1, 0.15) is 58.3 Å². The summed E-state index contributed by atoms with van der Waals surface area (Å²) in [6.07, 6.45) is 10.2. The van der Waals surface area contributed by atoms with Gasteiger partial charge in [-0.2, -0.15) is 0 Å². The normalized spacial score (nSPS) is 10.5. The maximum atomic E-state index is 5.65. The Bertz CT molecular complexity index is 378. The summed E-state index contributed by atoms with van der Waals surface area (Å²) in [5.41, 5.74) is 6.92. The number of thiocarbonyl (C=S) groups is 1. The predicted molar refractivity (Wildman–Crippen MR) is 98.1 cm³/mol. The van der Waals surface area contributed by atoms with Crippen LogP contribution in [0.3, 0.4) is 0 Å². The molecule has 0 aliphatic carbocycles. The van der Waals surface area contributed by atoms with Crippen molar-refractivity contribution in [3.8, 4) is 0 Å². The molecule has 21 heavy (non-hydrogen) atoms. The number of hydrogen-bond donors (Lipinski definition) is 1. The van der Waals surface area contributed by atoms with Crippen molar-refractivity contribution in [2.24, 2.45) is 5.73 Å². The van der Waals surface area contributed by atoms with Crippen LogP contribution in [-0.2, 0) is 0 Å². The van der Waals surface area contributed by atoms with Crippen molar-refractivity contribution in [3.63, 3.8) is 0 Å². The van der Waals surface area contributed by atoms with E-state index in [0.717, 1.165) is 19.5 Å². The summed E-state index contributed by atoms with van der Waals surface area (Å²) in [5, 5.41) is 0. The first kappa shape index (κ1) is 18.0. The van der Waals surface area contributed by atoms with E-state index in [2.05, 4.69) is 42.2 Å². The fourth-order valence-corrected chi connectivity index (χ4v) is 2.61. The summed E-state index contributed by atoms with van der Waals surface area (Å²) in [5.74, 6) is 0. The molecule has 118 valence electrons. The van der Waals surface area contributed by atoms with Gasteiger partial charge in [0.25, 0.3) is 0 Å². The molecule has 0 bridgehead atoms. The molecule has 2 N–H and O–H groups in total. The van der Waals surface area contributed by atoms with Crippen LogP contribution < -0.4 is 10.6 Å². The van der Waals surface area contributed by atoms with Crippen molar-refractivity contribution in [1.82, 2.24) is 0 Å². The Hall–Kier alpha value is -1.09. The van der Waals surface area contributed by atoms with Crippen molar-refractivity contribution in [2.45, 2.75) is 58.3 Å². The molecule has 0 radical (unpaired) electrons. The number of rotatable bonds is 12. The number of nitrogens with zero attached hydrogens (tertiary/aromatic N) is 1.